The van der Waals surface area contributed by atoms with Crippen LogP contribution in [0.3, 0.4) is 0 Å². The van der Waals surface area contributed by atoms with Crippen molar-refractivity contribution >= 4 is 29.1 Å². The molecule has 1 aromatic rings. The molecule has 0 saturated heterocycles. The topological polar surface area (TPSA) is 67.8 Å². The number of benzene rings is 1. The molecule has 0 heterocycles. The van der Waals surface area contributed by atoms with Crippen LogP contribution in [0.4, 0.5) is 0 Å². The predicted octanol–water partition coefficient (Wildman–Crippen LogP) is 2.02. The second-order valence-corrected chi connectivity index (χ2v) is 5.09. The Balaban J connectivity index is 2.63. The molecule has 1 rings (SSSR count). The van der Waals surface area contributed by atoms with E-state index >= 15 is 0 Å². The van der Waals surface area contributed by atoms with Gasteiger partial charge in [0, 0.05) is 23.7 Å². The second kappa shape index (κ2) is 8.32. The summed E-state index contributed by atoms with van der Waals surface area (Å²) < 4.78 is 10.3. The van der Waals surface area contributed by atoms with Crippen molar-refractivity contribution in [1.82, 2.24) is 5.32 Å². The van der Waals surface area contributed by atoms with Gasteiger partial charge in [-0.1, -0.05) is 23.2 Å². The molecule has 112 valence electrons. The number of carbonyl (C=O) groups is 1. The molecule has 2 N–H and O–H groups in total. The van der Waals surface area contributed by atoms with Gasteiger partial charge in [-0.2, -0.15) is 0 Å². The Hall–Kier alpha value is -1.01. The van der Waals surface area contributed by atoms with Crippen molar-refractivity contribution in [3.8, 4) is 5.75 Å². The molecule has 0 aliphatic rings. The highest BCUT2D eigenvalue weighted by molar-refractivity contribution is 6.35. The molecule has 0 fully saturated rings. The number of rotatable bonds is 7. The molecule has 0 spiro atoms. The SMILES string of the molecule is COCC(C)NC(=O)COc1c(Cl)cc(Cl)cc1CO. The summed E-state index contributed by atoms with van der Waals surface area (Å²) in [7, 11) is 1.56. The summed E-state index contributed by atoms with van der Waals surface area (Å²) in [6.07, 6.45) is 0. The third kappa shape index (κ3) is 5.17. The maximum Gasteiger partial charge on any atom is 0.258 e. The number of nitrogens with one attached hydrogen (secondary N) is 1. The van der Waals surface area contributed by atoms with E-state index in [-0.39, 0.29) is 35.9 Å². The van der Waals surface area contributed by atoms with Gasteiger partial charge in [-0.15, -0.1) is 0 Å². The zero-order valence-corrected chi connectivity index (χ0v) is 12.8. The van der Waals surface area contributed by atoms with Crippen LogP contribution in [0.2, 0.25) is 10.0 Å². The number of carbonyl (C=O) groups excluding carboxylic acids is 1. The van der Waals surface area contributed by atoms with Gasteiger partial charge in [0.1, 0.15) is 5.75 Å². The molecule has 0 aromatic heterocycles. The summed E-state index contributed by atoms with van der Waals surface area (Å²) in [5.74, 6) is -0.0439. The lowest BCUT2D eigenvalue weighted by molar-refractivity contribution is -0.124. The van der Waals surface area contributed by atoms with Crippen molar-refractivity contribution in [2.45, 2.75) is 19.6 Å². The Bertz CT molecular complexity index is 468. The number of halogens is 2. The van der Waals surface area contributed by atoms with Crippen LogP contribution in [0.5, 0.6) is 5.75 Å². The van der Waals surface area contributed by atoms with Crippen LogP contribution >= 0.6 is 23.2 Å². The number of aliphatic hydroxyl groups is 1. The van der Waals surface area contributed by atoms with E-state index in [0.717, 1.165) is 0 Å². The van der Waals surface area contributed by atoms with Crippen molar-refractivity contribution in [3.63, 3.8) is 0 Å². The molecule has 1 atom stereocenters. The fraction of sp³-hybridized carbons (Fsp3) is 0.462. The first-order chi connectivity index (χ1) is 9.47. The highest BCUT2D eigenvalue weighted by Crippen LogP contribution is 2.32. The summed E-state index contributed by atoms with van der Waals surface area (Å²) in [5, 5.41) is 12.6. The molecule has 0 aliphatic heterocycles. The van der Waals surface area contributed by atoms with Crippen molar-refractivity contribution in [1.29, 1.82) is 0 Å². The molecule has 0 radical (unpaired) electrons. The third-order valence-corrected chi connectivity index (χ3v) is 2.93. The quantitative estimate of drug-likeness (QED) is 0.806. The molecule has 7 heteroatoms. The molecule has 1 aromatic carbocycles. The highest BCUT2D eigenvalue weighted by Gasteiger charge is 2.13. The largest absolute Gasteiger partial charge is 0.482 e. The van der Waals surface area contributed by atoms with Crippen LogP contribution in [0, 0.1) is 0 Å². The number of amides is 1. The lowest BCUT2D eigenvalue weighted by Crippen LogP contribution is -2.38. The van der Waals surface area contributed by atoms with Gasteiger partial charge >= 0.3 is 0 Å². The Morgan fingerprint density at radius 1 is 1.45 bits per heavy atom. The Kier molecular flexibility index (Phi) is 7.09. The van der Waals surface area contributed by atoms with E-state index in [2.05, 4.69) is 5.32 Å². The third-order valence-electron chi connectivity index (χ3n) is 2.43. The molecule has 0 aliphatic carbocycles. The molecule has 1 unspecified atom stereocenters. The smallest absolute Gasteiger partial charge is 0.258 e. The van der Waals surface area contributed by atoms with Gasteiger partial charge in [-0.05, 0) is 19.1 Å². The first-order valence-electron chi connectivity index (χ1n) is 5.97. The molecule has 5 nitrogen and oxygen atoms in total. The fourth-order valence-corrected chi connectivity index (χ4v) is 2.23. The summed E-state index contributed by atoms with van der Waals surface area (Å²) in [6.45, 7) is 1.74. The molecule has 1 amide bonds. The number of hydrogen-bond acceptors (Lipinski definition) is 4. The number of hydrogen-bond donors (Lipinski definition) is 2. The van der Waals surface area contributed by atoms with E-state index < -0.39 is 0 Å². The second-order valence-electron chi connectivity index (χ2n) is 4.25. The number of ether oxygens (including phenoxy) is 2. The first-order valence-corrected chi connectivity index (χ1v) is 6.73. The van der Waals surface area contributed by atoms with E-state index in [1.165, 1.54) is 12.1 Å². The lowest BCUT2D eigenvalue weighted by Gasteiger charge is -2.15. The maximum absolute atomic E-state index is 11.7. The van der Waals surface area contributed by atoms with Crippen molar-refractivity contribution in [2.75, 3.05) is 20.3 Å². The summed E-state index contributed by atoms with van der Waals surface area (Å²) in [6, 6.07) is 2.91. The molecular weight excluding hydrogens is 305 g/mol. The van der Waals surface area contributed by atoms with E-state index in [0.29, 0.717) is 17.2 Å². The Morgan fingerprint density at radius 2 is 2.15 bits per heavy atom. The van der Waals surface area contributed by atoms with Gasteiger partial charge in [0.15, 0.2) is 6.61 Å². The highest BCUT2D eigenvalue weighted by atomic mass is 35.5. The normalized spacial score (nSPS) is 12.1. The van der Waals surface area contributed by atoms with Gasteiger partial charge in [-0.25, -0.2) is 0 Å². The fourth-order valence-electron chi connectivity index (χ4n) is 1.64. The van der Waals surface area contributed by atoms with Crippen LogP contribution in [-0.2, 0) is 16.1 Å². The van der Waals surface area contributed by atoms with Gasteiger partial charge in [0.2, 0.25) is 0 Å². The standard InChI is InChI=1S/C13H17Cl2NO4/c1-8(6-19-2)16-12(18)7-20-13-9(5-17)3-10(14)4-11(13)15/h3-4,8,17H,5-7H2,1-2H3,(H,16,18). The molecule has 0 bridgehead atoms. The van der Waals surface area contributed by atoms with Crippen LogP contribution < -0.4 is 10.1 Å². The van der Waals surface area contributed by atoms with Crippen LogP contribution in [0.15, 0.2) is 12.1 Å². The van der Waals surface area contributed by atoms with Gasteiger partial charge in [-0.3, -0.25) is 4.79 Å². The van der Waals surface area contributed by atoms with Crippen LogP contribution in [-0.4, -0.2) is 37.4 Å². The average molecular weight is 322 g/mol. The number of methoxy groups -OCH3 is 1. The Labute approximate surface area is 127 Å². The molecule has 0 saturated carbocycles. The predicted molar refractivity (Wildman–Crippen MR) is 77.4 cm³/mol. The van der Waals surface area contributed by atoms with Crippen molar-refractivity contribution in [2.24, 2.45) is 0 Å². The maximum atomic E-state index is 11.7. The minimum atomic E-state index is -0.301. The molecule has 20 heavy (non-hydrogen) atoms. The van der Waals surface area contributed by atoms with E-state index in [1.54, 1.807) is 7.11 Å². The minimum Gasteiger partial charge on any atom is -0.482 e. The van der Waals surface area contributed by atoms with E-state index in [9.17, 15) is 9.90 Å². The Morgan fingerprint density at radius 3 is 2.75 bits per heavy atom. The molecular formula is C13H17Cl2NO4. The number of aliphatic hydroxyl groups excluding tert-OH is 1. The van der Waals surface area contributed by atoms with Crippen molar-refractivity contribution < 1.29 is 19.4 Å². The van der Waals surface area contributed by atoms with Crippen LogP contribution in [0.1, 0.15) is 12.5 Å². The van der Waals surface area contributed by atoms with Crippen LogP contribution in [0.25, 0.3) is 0 Å². The lowest BCUT2D eigenvalue weighted by atomic mass is 10.2. The van der Waals surface area contributed by atoms with Gasteiger partial charge < -0.3 is 19.9 Å². The van der Waals surface area contributed by atoms with E-state index in [1.807, 2.05) is 6.92 Å². The first kappa shape index (κ1) is 17.0. The van der Waals surface area contributed by atoms with Gasteiger partial charge in [0.25, 0.3) is 5.91 Å². The summed E-state index contributed by atoms with van der Waals surface area (Å²) >= 11 is 11.8. The zero-order chi connectivity index (χ0) is 15.1. The zero-order valence-electron chi connectivity index (χ0n) is 11.3. The average Bonchev–Trinajstić information content (AvgIpc) is 2.36. The monoisotopic (exact) mass is 321 g/mol. The van der Waals surface area contributed by atoms with E-state index in [4.69, 9.17) is 32.7 Å². The minimum absolute atomic E-state index is 0.117. The summed E-state index contributed by atoms with van der Waals surface area (Å²) in [4.78, 5) is 11.7. The van der Waals surface area contributed by atoms with Crippen molar-refractivity contribution in [3.05, 3.63) is 27.7 Å². The van der Waals surface area contributed by atoms with Gasteiger partial charge in [0.05, 0.1) is 18.2 Å². The summed E-state index contributed by atoms with van der Waals surface area (Å²) in [5.41, 5.74) is 0.431.